The number of rotatable bonds is 1. The van der Waals surface area contributed by atoms with Gasteiger partial charge in [0.25, 0.3) is 0 Å². The van der Waals surface area contributed by atoms with Crippen molar-refractivity contribution >= 4 is 16.9 Å². The van der Waals surface area contributed by atoms with Gasteiger partial charge in [0.1, 0.15) is 5.82 Å². The van der Waals surface area contributed by atoms with E-state index in [1.807, 2.05) is 0 Å². The highest BCUT2D eigenvalue weighted by Gasteiger charge is 2.42. The molecule has 112 valence electrons. The Labute approximate surface area is 118 Å². The lowest BCUT2D eigenvalue weighted by Crippen LogP contribution is -2.42. The molecule has 2 heterocycles. The molecule has 0 unspecified atom stereocenters. The lowest BCUT2D eigenvalue weighted by molar-refractivity contribution is -0.176. The molecule has 1 atom stereocenters. The fraction of sp³-hybridized carbons (Fsp3) is 0.429. The van der Waals surface area contributed by atoms with Gasteiger partial charge in [-0.2, -0.15) is 13.2 Å². The quantitative estimate of drug-likeness (QED) is 0.754. The minimum atomic E-state index is -4.21. The van der Waals surface area contributed by atoms with E-state index < -0.39 is 17.9 Å². The van der Waals surface area contributed by atoms with E-state index in [0.717, 1.165) is 0 Å². The summed E-state index contributed by atoms with van der Waals surface area (Å²) in [5.41, 5.74) is 0.397. The van der Waals surface area contributed by atoms with Crippen LogP contribution in [0.15, 0.2) is 24.4 Å². The van der Waals surface area contributed by atoms with Crippen LogP contribution in [0.25, 0.3) is 10.9 Å². The number of fused-ring (bicyclic) bond motifs is 1. The largest absolute Gasteiger partial charge is 0.393 e. The summed E-state index contributed by atoms with van der Waals surface area (Å²) < 4.78 is 51.7. The van der Waals surface area contributed by atoms with Crippen LogP contribution in [0.5, 0.6) is 0 Å². The molecular formula is C14H13F4N3. The van der Waals surface area contributed by atoms with Crippen molar-refractivity contribution in [1.82, 2.24) is 9.97 Å². The van der Waals surface area contributed by atoms with Crippen molar-refractivity contribution in [3.05, 3.63) is 30.2 Å². The number of hydrogen-bond donors (Lipinski definition) is 0. The first-order valence-corrected chi connectivity index (χ1v) is 6.67. The van der Waals surface area contributed by atoms with Crippen molar-refractivity contribution in [3.8, 4) is 0 Å². The molecule has 0 saturated carbocycles. The summed E-state index contributed by atoms with van der Waals surface area (Å²) in [6.07, 6.45) is -2.13. The molecular weight excluding hydrogens is 286 g/mol. The van der Waals surface area contributed by atoms with Crippen LogP contribution >= 0.6 is 0 Å². The van der Waals surface area contributed by atoms with E-state index in [0.29, 0.717) is 23.9 Å². The maximum atomic E-state index is 13.2. The molecule has 21 heavy (non-hydrogen) atoms. The molecule has 0 amide bonds. The van der Waals surface area contributed by atoms with Crippen LogP contribution in [0.3, 0.4) is 0 Å². The number of hydrogen-bond acceptors (Lipinski definition) is 3. The van der Waals surface area contributed by atoms with Gasteiger partial charge in [0.2, 0.25) is 5.95 Å². The Morgan fingerprint density at radius 1 is 1.24 bits per heavy atom. The molecule has 0 N–H and O–H groups in total. The van der Waals surface area contributed by atoms with Crippen LogP contribution in [-0.4, -0.2) is 29.2 Å². The molecule has 1 aromatic heterocycles. The molecule has 0 radical (unpaired) electrons. The maximum Gasteiger partial charge on any atom is 0.393 e. The van der Waals surface area contributed by atoms with Gasteiger partial charge in [-0.15, -0.1) is 0 Å². The van der Waals surface area contributed by atoms with E-state index in [-0.39, 0.29) is 18.9 Å². The average molecular weight is 299 g/mol. The topological polar surface area (TPSA) is 29.0 Å². The smallest absolute Gasteiger partial charge is 0.340 e. The van der Waals surface area contributed by atoms with Crippen molar-refractivity contribution in [2.45, 2.75) is 19.0 Å². The summed E-state index contributed by atoms with van der Waals surface area (Å²) >= 11 is 0. The Kier molecular flexibility index (Phi) is 3.43. The van der Waals surface area contributed by atoms with Gasteiger partial charge < -0.3 is 4.90 Å². The fourth-order valence-corrected chi connectivity index (χ4v) is 2.57. The molecule has 1 saturated heterocycles. The molecule has 3 rings (SSSR count). The first-order valence-electron chi connectivity index (χ1n) is 6.67. The monoisotopic (exact) mass is 299 g/mol. The van der Waals surface area contributed by atoms with Crippen LogP contribution in [0.1, 0.15) is 12.8 Å². The van der Waals surface area contributed by atoms with Crippen LogP contribution in [-0.2, 0) is 0 Å². The summed E-state index contributed by atoms with van der Waals surface area (Å²) in [5, 5.41) is 0.657. The number of anilines is 1. The second kappa shape index (κ2) is 5.13. The van der Waals surface area contributed by atoms with Gasteiger partial charge in [-0.1, -0.05) is 0 Å². The van der Waals surface area contributed by atoms with Gasteiger partial charge in [-0.3, -0.25) is 0 Å². The zero-order valence-electron chi connectivity index (χ0n) is 11.1. The van der Waals surface area contributed by atoms with Gasteiger partial charge in [0.15, 0.2) is 0 Å². The third-order valence-electron chi connectivity index (χ3n) is 3.70. The number of aromatic nitrogens is 2. The molecule has 0 aliphatic carbocycles. The van der Waals surface area contributed by atoms with Crippen LogP contribution in [0, 0.1) is 11.7 Å². The molecule has 1 fully saturated rings. The van der Waals surface area contributed by atoms with Crippen molar-refractivity contribution in [1.29, 1.82) is 0 Å². The standard InChI is InChI=1S/C14H13F4N3/c15-11-4-3-9-7-19-13(20-12(9)6-11)21-5-1-2-10(8-21)14(16,17)18/h3-4,6-7,10H,1-2,5,8H2/t10-/m1/s1. The van der Waals surface area contributed by atoms with Crippen molar-refractivity contribution in [2.75, 3.05) is 18.0 Å². The van der Waals surface area contributed by atoms with Gasteiger partial charge in [-0.05, 0) is 25.0 Å². The fourth-order valence-electron chi connectivity index (χ4n) is 2.57. The van der Waals surface area contributed by atoms with Crippen molar-refractivity contribution in [3.63, 3.8) is 0 Å². The van der Waals surface area contributed by atoms with Gasteiger partial charge in [0, 0.05) is 30.7 Å². The van der Waals surface area contributed by atoms with Crippen molar-refractivity contribution < 1.29 is 17.6 Å². The third kappa shape index (κ3) is 2.91. The average Bonchev–Trinajstić information content (AvgIpc) is 2.45. The Balaban J connectivity index is 1.89. The number of nitrogens with zero attached hydrogens (tertiary/aromatic N) is 3. The van der Waals surface area contributed by atoms with Gasteiger partial charge in [-0.25, -0.2) is 14.4 Å². The summed E-state index contributed by atoms with van der Waals surface area (Å²) in [6, 6.07) is 4.10. The zero-order chi connectivity index (χ0) is 15.0. The summed E-state index contributed by atoms with van der Waals surface area (Å²) in [6.45, 7) is 0.331. The van der Waals surface area contributed by atoms with E-state index in [9.17, 15) is 17.6 Å². The van der Waals surface area contributed by atoms with E-state index in [1.165, 1.54) is 23.2 Å². The molecule has 7 heteroatoms. The Hall–Kier alpha value is -1.92. The van der Waals surface area contributed by atoms with Crippen LogP contribution < -0.4 is 4.90 Å². The highest BCUT2D eigenvalue weighted by Crippen LogP contribution is 2.34. The first-order chi connectivity index (χ1) is 9.93. The van der Waals surface area contributed by atoms with E-state index >= 15 is 0 Å². The number of halogens is 4. The van der Waals surface area contributed by atoms with E-state index in [1.54, 1.807) is 6.07 Å². The number of piperidine rings is 1. The highest BCUT2D eigenvalue weighted by atomic mass is 19.4. The summed E-state index contributed by atoms with van der Waals surface area (Å²) in [5.74, 6) is -1.57. The minimum Gasteiger partial charge on any atom is -0.340 e. The Bertz CT molecular complexity index is 656. The van der Waals surface area contributed by atoms with Crippen molar-refractivity contribution in [2.24, 2.45) is 5.92 Å². The van der Waals surface area contributed by atoms with E-state index in [2.05, 4.69) is 9.97 Å². The molecule has 3 nitrogen and oxygen atoms in total. The second-order valence-corrected chi connectivity index (χ2v) is 5.20. The lowest BCUT2D eigenvalue weighted by Gasteiger charge is -2.33. The predicted octanol–water partition coefficient (Wildman–Crippen LogP) is 3.55. The number of benzene rings is 1. The number of alkyl halides is 3. The van der Waals surface area contributed by atoms with Crippen LogP contribution in [0.4, 0.5) is 23.5 Å². The Morgan fingerprint density at radius 2 is 2.05 bits per heavy atom. The normalized spacial score (nSPS) is 20.0. The van der Waals surface area contributed by atoms with Gasteiger partial charge >= 0.3 is 6.18 Å². The zero-order valence-corrected chi connectivity index (χ0v) is 11.1. The Morgan fingerprint density at radius 3 is 2.81 bits per heavy atom. The first kappa shape index (κ1) is 14.0. The summed E-state index contributed by atoms with van der Waals surface area (Å²) in [7, 11) is 0. The lowest BCUT2D eigenvalue weighted by atomic mass is 9.98. The third-order valence-corrected chi connectivity index (χ3v) is 3.70. The molecule has 1 aliphatic heterocycles. The molecule has 2 aromatic rings. The minimum absolute atomic E-state index is 0.127. The maximum absolute atomic E-state index is 13.2. The van der Waals surface area contributed by atoms with Gasteiger partial charge in [0.05, 0.1) is 11.4 Å². The second-order valence-electron chi connectivity index (χ2n) is 5.20. The molecule has 0 bridgehead atoms. The molecule has 1 aliphatic rings. The van der Waals surface area contributed by atoms with Crippen LogP contribution in [0.2, 0.25) is 0 Å². The van der Waals surface area contributed by atoms with E-state index in [4.69, 9.17) is 0 Å². The molecule has 0 spiro atoms. The highest BCUT2D eigenvalue weighted by molar-refractivity contribution is 5.78. The molecule has 1 aromatic carbocycles. The summed E-state index contributed by atoms with van der Waals surface area (Å²) in [4.78, 5) is 9.81. The SMILES string of the molecule is Fc1ccc2cnc(N3CCC[C@@H](C(F)(F)F)C3)nc2c1. The predicted molar refractivity (Wildman–Crippen MR) is 70.5 cm³/mol.